The van der Waals surface area contributed by atoms with Crippen molar-refractivity contribution in [1.29, 1.82) is 0 Å². The van der Waals surface area contributed by atoms with Crippen molar-refractivity contribution in [2.45, 2.75) is 30.8 Å². The molecule has 1 aliphatic carbocycles. The van der Waals surface area contributed by atoms with Gasteiger partial charge in [0, 0.05) is 31.2 Å². The van der Waals surface area contributed by atoms with Crippen molar-refractivity contribution in [3.63, 3.8) is 0 Å². The van der Waals surface area contributed by atoms with E-state index < -0.39 is 0 Å². The standard InChI is InChI=1S/C23H24N4OS2/c1-28-13-7-12-24-21-20-19(26-23(27-21)29-2)17-15-10-6-11-16(15)18(25-22(17)30-20)14-8-4-3-5-9-14/h3-5,8-9H,6-7,10-13H2,1-2H3,(H,24,26,27). The van der Waals surface area contributed by atoms with Crippen LogP contribution in [0.1, 0.15) is 24.0 Å². The van der Waals surface area contributed by atoms with Gasteiger partial charge >= 0.3 is 0 Å². The van der Waals surface area contributed by atoms with E-state index in [9.17, 15) is 0 Å². The lowest BCUT2D eigenvalue weighted by Crippen LogP contribution is -2.07. The highest BCUT2D eigenvalue weighted by molar-refractivity contribution is 7.98. The Morgan fingerprint density at radius 2 is 1.93 bits per heavy atom. The number of fused-ring (bicyclic) bond motifs is 5. The summed E-state index contributed by atoms with van der Waals surface area (Å²) < 4.78 is 6.29. The fraction of sp³-hybridized carbons (Fsp3) is 0.348. The first-order valence-corrected chi connectivity index (χ1v) is 12.3. The molecule has 0 fully saturated rings. The molecule has 0 spiro atoms. The lowest BCUT2D eigenvalue weighted by atomic mass is 10.0. The number of pyridine rings is 1. The number of methoxy groups -OCH3 is 1. The van der Waals surface area contributed by atoms with E-state index in [4.69, 9.17) is 19.7 Å². The topological polar surface area (TPSA) is 59.9 Å². The van der Waals surface area contributed by atoms with Crippen LogP contribution in [0, 0.1) is 0 Å². The summed E-state index contributed by atoms with van der Waals surface area (Å²) in [6.45, 7) is 1.56. The molecule has 30 heavy (non-hydrogen) atoms. The Morgan fingerprint density at radius 3 is 2.73 bits per heavy atom. The van der Waals surface area contributed by atoms with E-state index in [1.54, 1.807) is 30.2 Å². The molecule has 7 heteroatoms. The minimum Gasteiger partial charge on any atom is -0.385 e. The number of hydrogen-bond acceptors (Lipinski definition) is 7. The predicted octanol–water partition coefficient (Wildman–Crippen LogP) is 5.57. The number of nitrogens with zero attached hydrogens (tertiary/aromatic N) is 3. The zero-order valence-electron chi connectivity index (χ0n) is 17.2. The Morgan fingerprint density at radius 1 is 1.10 bits per heavy atom. The van der Waals surface area contributed by atoms with Crippen molar-refractivity contribution in [2.24, 2.45) is 0 Å². The third kappa shape index (κ3) is 3.45. The molecular formula is C23H24N4OS2. The van der Waals surface area contributed by atoms with Crippen LogP contribution in [-0.2, 0) is 17.6 Å². The SMILES string of the molecule is COCCCNc1nc(SC)nc2c1sc1nc(-c3ccccc3)c3c(c12)CCC3. The second kappa shape index (κ2) is 8.49. The Balaban J connectivity index is 1.71. The molecule has 0 saturated carbocycles. The molecule has 0 saturated heterocycles. The van der Waals surface area contributed by atoms with Crippen molar-refractivity contribution in [1.82, 2.24) is 15.0 Å². The Kier molecular flexibility index (Phi) is 5.58. The summed E-state index contributed by atoms with van der Waals surface area (Å²) in [5.41, 5.74) is 6.21. The Bertz CT molecular complexity index is 1210. The van der Waals surface area contributed by atoms with Crippen molar-refractivity contribution in [3.05, 3.63) is 41.5 Å². The van der Waals surface area contributed by atoms with Crippen LogP contribution < -0.4 is 5.32 Å². The molecular weight excluding hydrogens is 412 g/mol. The first-order valence-electron chi connectivity index (χ1n) is 10.3. The minimum absolute atomic E-state index is 0.735. The van der Waals surface area contributed by atoms with Crippen LogP contribution >= 0.6 is 23.1 Å². The average Bonchev–Trinajstić information content (AvgIpc) is 3.41. The molecule has 1 aliphatic rings. The highest BCUT2D eigenvalue weighted by atomic mass is 32.2. The maximum atomic E-state index is 5.18. The summed E-state index contributed by atoms with van der Waals surface area (Å²) in [6, 6.07) is 10.6. The first kappa shape index (κ1) is 19.7. The van der Waals surface area contributed by atoms with E-state index in [1.165, 1.54) is 28.5 Å². The van der Waals surface area contributed by atoms with E-state index in [0.717, 1.165) is 64.1 Å². The molecule has 0 atom stereocenters. The molecule has 3 aromatic heterocycles. The first-order chi connectivity index (χ1) is 14.8. The van der Waals surface area contributed by atoms with Gasteiger partial charge in [0.2, 0.25) is 0 Å². The zero-order chi connectivity index (χ0) is 20.5. The van der Waals surface area contributed by atoms with Crippen LogP contribution in [0.25, 0.3) is 31.7 Å². The molecule has 3 heterocycles. The smallest absolute Gasteiger partial charge is 0.189 e. The number of benzene rings is 1. The van der Waals surface area contributed by atoms with Gasteiger partial charge in [0.1, 0.15) is 10.6 Å². The number of ether oxygens (including phenoxy) is 1. The van der Waals surface area contributed by atoms with Gasteiger partial charge in [0.15, 0.2) is 5.16 Å². The monoisotopic (exact) mass is 436 g/mol. The summed E-state index contributed by atoms with van der Waals surface area (Å²) in [6.07, 6.45) is 6.32. The molecule has 0 aliphatic heterocycles. The molecule has 5 rings (SSSR count). The summed E-state index contributed by atoms with van der Waals surface area (Å²) in [4.78, 5) is 15.9. The summed E-state index contributed by atoms with van der Waals surface area (Å²) in [5, 5.41) is 5.55. The number of rotatable bonds is 7. The molecule has 0 bridgehead atoms. The van der Waals surface area contributed by atoms with Crippen molar-refractivity contribution < 1.29 is 4.74 Å². The van der Waals surface area contributed by atoms with Gasteiger partial charge in [0.25, 0.3) is 0 Å². The third-order valence-electron chi connectivity index (χ3n) is 5.56. The van der Waals surface area contributed by atoms with Crippen LogP contribution in [0.15, 0.2) is 35.5 Å². The van der Waals surface area contributed by atoms with Gasteiger partial charge in [-0.1, -0.05) is 42.1 Å². The van der Waals surface area contributed by atoms with Crippen LogP contribution in [0.5, 0.6) is 0 Å². The van der Waals surface area contributed by atoms with Gasteiger partial charge in [0.05, 0.1) is 15.9 Å². The van der Waals surface area contributed by atoms with Gasteiger partial charge in [-0.15, -0.1) is 11.3 Å². The highest BCUT2D eigenvalue weighted by Gasteiger charge is 2.25. The van der Waals surface area contributed by atoms with Crippen LogP contribution in [0.3, 0.4) is 0 Å². The molecule has 4 aromatic rings. The van der Waals surface area contributed by atoms with E-state index in [-0.39, 0.29) is 0 Å². The van der Waals surface area contributed by atoms with Crippen molar-refractivity contribution >= 4 is 49.3 Å². The quantitative estimate of drug-likeness (QED) is 0.232. The second-order valence-electron chi connectivity index (χ2n) is 7.43. The van der Waals surface area contributed by atoms with Crippen LogP contribution in [-0.4, -0.2) is 41.5 Å². The molecule has 0 unspecified atom stereocenters. The van der Waals surface area contributed by atoms with Gasteiger partial charge in [-0.2, -0.15) is 0 Å². The molecule has 154 valence electrons. The van der Waals surface area contributed by atoms with Crippen molar-refractivity contribution in [2.75, 3.05) is 31.8 Å². The highest BCUT2D eigenvalue weighted by Crippen LogP contribution is 2.43. The molecule has 5 nitrogen and oxygen atoms in total. The van der Waals surface area contributed by atoms with Gasteiger partial charge in [-0.3, -0.25) is 0 Å². The lowest BCUT2D eigenvalue weighted by molar-refractivity contribution is 0.198. The van der Waals surface area contributed by atoms with Gasteiger partial charge < -0.3 is 10.1 Å². The Labute approximate surface area is 184 Å². The van der Waals surface area contributed by atoms with E-state index in [1.807, 2.05) is 6.26 Å². The number of aromatic nitrogens is 3. The number of thioether (sulfide) groups is 1. The van der Waals surface area contributed by atoms with Gasteiger partial charge in [-0.25, -0.2) is 15.0 Å². The number of aryl methyl sites for hydroxylation is 1. The number of nitrogens with one attached hydrogen (secondary N) is 1. The lowest BCUT2D eigenvalue weighted by Gasteiger charge is -2.10. The van der Waals surface area contributed by atoms with Crippen LogP contribution in [0.2, 0.25) is 0 Å². The number of anilines is 1. The normalized spacial score (nSPS) is 13.3. The van der Waals surface area contributed by atoms with E-state index >= 15 is 0 Å². The average molecular weight is 437 g/mol. The molecule has 1 N–H and O–H groups in total. The molecule has 0 radical (unpaired) electrons. The largest absolute Gasteiger partial charge is 0.385 e. The van der Waals surface area contributed by atoms with E-state index in [2.05, 4.69) is 35.6 Å². The summed E-state index contributed by atoms with van der Waals surface area (Å²) in [5.74, 6) is 0.913. The van der Waals surface area contributed by atoms with Crippen molar-refractivity contribution in [3.8, 4) is 11.3 Å². The van der Waals surface area contributed by atoms with Crippen LogP contribution in [0.4, 0.5) is 5.82 Å². The molecule has 1 aromatic carbocycles. The van der Waals surface area contributed by atoms with E-state index in [0.29, 0.717) is 0 Å². The fourth-order valence-corrected chi connectivity index (χ4v) is 5.69. The number of thiophene rings is 1. The zero-order valence-corrected chi connectivity index (χ0v) is 18.8. The number of hydrogen-bond donors (Lipinski definition) is 1. The maximum Gasteiger partial charge on any atom is 0.189 e. The fourth-order valence-electron chi connectivity index (χ4n) is 4.21. The summed E-state index contributed by atoms with van der Waals surface area (Å²) in [7, 11) is 1.73. The summed E-state index contributed by atoms with van der Waals surface area (Å²) >= 11 is 3.29. The molecule has 0 amide bonds. The third-order valence-corrected chi connectivity index (χ3v) is 7.19. The predicted molar refractivity (Wildman–Crippen MR) is 127 cm³/mol. The minimum atomic E-state index is 0.735. The second-order valence-corrected chi connectivity index (χ2v) is 9.20. The van der Waals surface area contributed by atoms with Gasteiger partial charge in [-0.05, 0) is 43.1 Å². The maximum absolute atomic E-state index is 5.18. The Hall–Kier alpha value is -2.22.